The van der Waals surface area contributed by atoms with Gasteiger partial charge in [0.25, 0.3) is 0 Å². The number of para-hydroxylation sites is 1. The molecular formula is C16H12Cl2N2O2S. The van der Waals surface area contributed by atoms with Crippen molar-refractivity contribution < 1.29 is 9.90 Å². The van der Waals surface area contributed by atoms with Crippen LogP contribution in [0.2, 0.25) is 10.0 Å². The average molecular weight is 367 g/mol. The second-order valence-electron chi connectivity index (χ2n) is 4.48. The van der Waals surface area contributed by atoms with Crippen molar-refractivity contribution in [2.45, 2.75) is 0 Å². The summed E-state index contributed by atoms with van der Waals surface area (Å²) in [6, 6.07) is 12.6. The van der Waals surface area contributed by atoms with Crippen LogP contribution in [-0.2, 0) is 4.79 Å². The summed E-state index contributed by atoms with van der Waals surface area (Å²) in [7, 11) is 0. The fraction of sp³-hybridized carbons (Fsp3) is 0. The van der Waals surface area contributed by atoms with Crippen molar-refractivity contribution in [3.63, 3.8) is 0 Å². The molecule has 0 spiro atoms. The highest BCUT2D eigenvalue weighted by Gasteiger charge is 2.09. The van der Waals surface area contributed by atoms with Crippen molar-refractivity contribution in [1.82, 2.24) is 0 Å². The zero-order valence-electron chi connectivity index (χ0n) is 11.7. The summed E-state index contributed by atoms with van der Waals surface area (Å²) in [5.41, 5.74) is 1.90. The largest absolute Gasteiger partial charge is 0.478 e. The topological polar surface area (TPSA) is 61.4 Å². The first-order valence-corrected chi connectivity index (χ1v) is 7.65. The van der Waals surface area contributed by atoms with Crippen LogP contribution in [0.3, 0.4) is 0 Å². The molecule has 0 atom stereocenters. The Bertz CT molecular complexity index is 764. The molecule has 0 saturated carbocycles. The van der Waals surface area contributed by atoms with Crippen molar-refractivity contribution >= 4 is 64.0 Å². The molecule has 4 nitrogen and oxygen atoms in total. The summed E-state index contributed by atoms with van der Waals surface area (Å²) in [5, 5.41) is 15.6. The number of carboxylic acids is 1. The molecule has 0 aliphatic carbocycles. The molecule has 118 valence electrons. The molecule has 0 saturated heterocycles. The molecule has 0 aliphatic rings. The molecule has 23 heavy (non-hydrogen) atoms. The molecule has 0 unspecified atom stereocenters. The maximum Gasteiger partial charge on any atom is 0.328 e. The molecule has 0 bridgehead atoms. The van der Waals surface area contributed by atoms with Crippen LogP contribution in [0.4, 0.5) is 11.4 Å². The van der Waals surface area contributed by atoms with E-state index in [1.54, 1.807) is 12.1 Å². The van der Waals surface area contributed by atoms with Gasteiger partial charge in [0.05, 0.1) is 15.7 Å². The highest BCUT2D eigenvalue weighted by atomic mass is 35.5. The van der Waals surface area contributed by atoms with Gasteiger partial charge in [-0.1, -0.05) is 41.4 Å². The lowest BCUT2D eigenvalue weighted by atomic mass is 10.2. The number of hydrogen-bond acceptors (Lipinski definition) is 2. The Labute approximate surface area is 148 Å². The van der Waals surface area contributed by atoms with E-state index in [0.717, 1.165) is 11.8 Å². The highest BCUT2D eigenvalue weighted by Crippen LogP contribution is 2.32. The van der Waals surface area contributed by atoms with Gasteiger partial charge in [0.1, 0.15) is 0 Å². The van der Waals surface area contributed by atoms with Crippen LogP contribution in [0.15, 0.2) is 48.5 Å². The SMILES string of the molecule is O=C(O)/C=C/c1cc(Cl)c(Cl)c(NC(=S)Nc2ccccc2)c1. The minimum absolute atomic E-state index is 0.296. The fourth-order valence-corrected chi connectivity index (χ4v) is 2.38. The normalized spacial score (nSPS) is 10.5. The van der Waals surface area contributed by atoms with Crippen LogP contribution in [0, 0.1) is 0 Å². The quantitative estimate of drug-likeness (QED) is 0.530. The van der Waals surface area contributed by atoms with Crippen molar-refractivity contribution in [1.29, 1.82) is 0 Å². The average Bonchev–Trinajstić information content (AvgIpc) is 2.50. The van der Waals surface area contributed by atoms with Gasteiger partial charge >= 0.3 is 5.97 Å². The molecule has 0 aromatic heterocycles. The first-order chi connectivity index (χ1) is 11.0. The van der Waals surface area contributed by atoms with E-state index in [4.69, 9.17) is 40.5 Å². The van der Waals surface area contributed by atoms with E-state index in [-0.39, 0.29) is 0 Å². The minimum Gasteiger partial charge on any atom is -0.478 e. The summed E-state index contributed by atoms with van der Waals surface area (Å²) in [6.07, 6.45) is 2.44. The van der Waals surface area contributed by atoms with Gasteiger partial charge in [-0.2, -0.15) is 0 Å². The van der Waals surface area contributed by atoms with E-state index in [1.165, 1.54) is 6.08 Å². The van der Waals surface area contributed by atoms with Crippen LogP contribution in [-0.4, -0.2) is 16.2 Å². The van der Waals surface area contributed by atoms with Gasteiger partial charge in [-0.05, 0) is 48.1 Å². The Kier molecular flexibility index (Phi) is 5.98. The number of carboxylic acid groups (broad SMARTS) is 1. The maximum absolute atomic E-state index is 10.6. The maximum atomic E-state index is 10.6. The van der Waals surface area contributed by atoms with Crippen molar-refractivity contribution in [2.24, 2.45) is 0 Å². The molecule has 7 heteroatoms. The molecule has 2 rings (SSSR count). The summed E-state index contributed by atoms with van der Waals surface area (Å²) in [5.74, 6) is -1.05. The van der Waals surface area contributed by atoms with E-state index >= 15 is 0 Å². The zero-order chi connectivity index (χ0) is 16.8. The molecule has 0 heterocycles. The molecule has 0 radical (unpaired) electrons. The van der Waals surface area contributed by atoms with Crippen molar-refractivity contribution in [3.05, 3.63) is 64.1 Å². The molecule has 2 aromatic carbocycles. The smallest absolute Gasteiger partial charge is 0.328 e. The Morgan fingerprint density at radius 3 is 2.48 bits per heavy atom. The first kappa shape index (κ1) is 17.3. The number of anilines is 2. The fourth-order valence-electron chi connectivity index (χ4n) is 1.77. The molecule has 0 aliphatic heterocycles. The number of nitrogens with one attached hydrogen (secondary N) is 2. The number of halogens is 2. The van der Waals surface area contributed by atoms with E-state index < -0.39 is 5.97 Å². The minimum atomic E-state index is -1.05. The third-order valence-electron chi connectivity index (χ3n) is 2.75. The van der Waals surface area contributed by atoms with E-state index in [2.05, 4.69) is 10.6 Å². The number of aliphatic carboxylic acids is 1. The van der Waals surface area contributed by atoms with E-state index in [1.807, 2.05) is 30.3 Å². The first-order valence-electron chi connectivity index (χ1n) is 6.49. The van der Waals surface area contributed by atoms with E-state index in [0.29, 0.717) is 26.4 Å². The summed E-state index contributed by atoms with van der Waals surface area (Å²) in [4.78, 5) is 10.6. The standard InChI is InChI=1S/C16H12Cl2N2O2S/c17-12-8-10(6-7-14(21)22)9-13(15(12)18)20-16(23)19-11-4-2-1-3-5-11/h1-9H,(H,21,22)(H2,19,20,23)/b7-6+. The second kappa shape index (κ2) is 7.97. The number of benzene rings is 2. The van der Waals surface area contributed by atoms with Crippen LogP contribution >= 0.6 is 35.4 Å². The molecule has 0 fully saturated rings. The molecule has 2 aromatic rings. The van der Waals surface area contributed by atoms with Gasteiger partial charge in [0.15, 0.2) is 5.11 Å². The summed E-state index contributed by atoms with van der Waals surface area (Å²) in [6.45, 7) is 0. The van der Waals surface area contributed by atoms with Crippen LogP contribution in [0.5, 0.6) is 0 Å². The number of rotatable bonds is 4. The summed E-state index contributed by atoms with van der Waals surface area (Å²) >= 11 is 17.4. The van der Waals surface area contributed by atoms with Crippen LogP contribution in [0.1, 0.15) is 5.56 Å². The molecule has 0 amide bonds. The third kappa shape index (κ3) is 5.25. The monoisotopic (exact) mass is 366 g/mol. The Morgan fingerprint density at radius 2 is 1.83 bits per heavy atom. The highest BCUT2D eigenvalue weighted by molar-refractivity contribution is 7.80. The zero-order valence-corrected chi connectivity index (χ0v) is 14.0. The van der Waals surface area contributed by atoms with Crippen LogP contribution < -0.4 is 10.6 Å². The molecular weight excluding hydrogens is 355 g/mol. The lowest BCUT2D eigenvalue weighted by Crippen LogP contribution is -2.19. The Hall–Kier alpha value is -2.08. The van der Waals surface area contributed by atoms with Gasteiger partial charge < -0.3 is 15.7 Å². The number of hydrogen-bond donors (Lipinski definition) is 3. The lowest BCUT2D eigenvalue weighted by Gasteiger charge is -2.13. The van der Waals surface area contributed by atoms with Crippen molar-refractivity contribution in [2.75, 3.05) is 10.6 Å². The van der Waals surface area contributed by atoms with Crippen LogP contribution in [0.25, 0.3) is 6.08 Å². The predicted octanol–water partition coefficient (Wildman–Crippen LogP) is 4.90. The summed E-state index contributed by atoms with van der Waals surface area (Å²) < 4.78 is 0. The van der Waals surface area contributed by atoms with Gasteiger partial charge in [-0.3, -0.25) is 0 Å². The van der Waals surface area contributed by atoms with Gasteiger partial charge in [0.2, 0.25) is 0 Å². The lowest BCUT2D eigenvalue weighted by molar-refractivity contribution is -0.131. The van der Waals surface area contributed by atoms with Gasteiger partial charge in [-0.25, -0.2) is 4.79 Å². The van der Waals surface area contributed by atoms with Gasteiger partial charge in [0, 0.05) is 11.8 Å². The number of thiocarbonyl (C=S) groups is 1. The van der Waals surface area contributed by atoms with Crippen molar-refractivity contribution in [3.8, 4) is 0 Å². The van der Waals surface area contributed by atoms with Gasteiger partial charge in [-0.15, -0.1) is 0 Å². The Morgan fingerprint density at radius 1 is 1.13 bits per heavy atom. The number of carbonyl (C=O) groups is 1. The second-order valence-corrected chi connectivity index (χ2v) is 5.67. The molecule has 3 N–H and O–H groups in total. The predicted molar refractivity (Wildman–Crippen MR) is 99.4 cm³/mol. The Balaban J connectivity index is 2.18. The third-order valence-corrected chi connectivity index (χ3v) is 3.75. The van der Waals surface area contributed by atoms with E-state index in [9.17, 15) is 4.79 Å².